The predicted octanol–water partition coefficient (Wildman–Crippen LogP) is 3.91. The van der Waals surface area contributed by atoms with Gasteiger partial charge >= 0.3 is 0 Å². The summed E-state index contributed by atoms with van der Waals surface area (Å²) in [6, 6.07) is 8.50. The quantitative estimate of drug-likeness (QED) is 0.707. The third-order valence-electron chi connectivity index (χ3n) is 6.37. The summed E-state index contributed by atoms with van der Waals surface area (Å²) in [7, 11) is -3.44. The van der Waals surface area contributed by atoms with Gasteiger partial charge in [0.05, 0.1) is 21.9 Å². The molecule has 2 aromatic rings. The van der Waals surface area contributed by atoms with Gasteiger partial charge in [-0.1, -0.05) is 11.6 Å². The normalized spacial score (nSPS) is 26.8. The lowest BCUT2D eigenvalue weighted by molar-refractivity contribution is 0.0643. The molecular formula is C21H21ClFN3O3S. The third-order valence-corrected chi connectivity index (χ3v) is 7.75. The average Bonchev–Trinajstić information content (AvgIpc) is 2.73. The molecule has 1 aliphatic carbocycles. The van der Waals surface area contributed by atoms with Crippen molar-refractivity contribution in [3.05, 3.63) is 47.4 Å². The number of hydrogen-bond acceptors (Lipinski definition) is 5. The maximum atomic E-state index is 14.7. The first kappa shape index (κ1) is 19.8. The minimum atomic E-state index is -3.44. The molecule has 3 fully saturated rings. The zero-order valence-corrected chi connectivity index (χ0v) is 17.8. The van der Waals surface area contributed by atoms with Crippen molar-refractivity contribution >= 4 is 27.5 Å². The highest BCUT2D eigenvalue weighted by Crippen LogP contribution is 2.47. The van der Waals surface area contributed by atoms with Gasteiger partial charge in [-0.2, -0.15) is 0 Å². The van der Waals surface area contributed by atoms with Crippen LogP contribution >= 0.6 is 11.6 Å². The van der Waals surface area contributed by atoms with Crippen molar-refractivity contribution in [3.8, 4) is 17.0 Å². The first-order chi connectivity index (χ1) is 14.4. The second-order valence-electron chi connectivity index (χ2n) is 8.20. The molecule has 0 atom stereocenters. The van der Waals surface area contributed by atoms with Crippen molar-refractivity contribution in [1.29, 1.82) is 0 Å². The zero-order valence-electron chi connectivity index (χ0n) is 16.2. The van der Waals surface area contributed by atoms with E-state index in [1.807, 2.05) is 0 Å². The summed E-state index contributed by atoms with van der Waals surface area (Å²) < 4.78 is 49.0. The number of halogens is 2. The van der Waals surface area contributed by atoms with Gasteiger partial charge in [0.1, 0.15) is 12.4 Å². The Morgan fingerprint density at radius 1 is 1.23 bits per heavy atom. The van der Waals surface area contributed by atoms with E-state index in [9.17, 15) is 12.8 Å². The fourth-order valence-corrected chi connectivity index (χ4v) is 5.94. The number of aromatic nitrogens is 1. The number of rotatable bonds is 4. The van der Waals surface area contributed by atoms with Gasteiger partial charge in [-0.25, -0.2) is 12.8 Å². The van der Waals surface area contributed by atoms with Crippen LogP contribution in [0.4, 0.5) is 4.39 Å². The smallest absolute Gasteiger partial charge is 0.256 e. The van der Waals surface area contributed by atoms with Crippen molar-refractivity contribution in [3.63, 3.8) is 0 Å². The van der Waals surface area contributed by atoms with Gasteiger partial charge < -0.3 is 9.64 Å². The molecule has 0 amide bonds. The maximum Gasteiger partial charge on any atom is 0.256 e. The number of hydrogen-bond donors (Lipinski definition) is 0. The molecule has 158 valence electrons. The summed E-state index contributed by atoms with van der Waals surface area (Å²) in [4.78, 5) is 6.34. The van der Waals surface area contributed by atoms with E-state index in [2.05, 4.69) is 14.3 Å². The second-order valence-corrected chi connectivity index (χ2v) is 10.4. The minimum Gasteiger partial charge on any atom is -0.489 e. The highest BCUT2D eigenvalue weighted by molar-refractivity contribution is 7.90. The monoisotopic (exact) mass is 449 g/mol. The molecule has 0 spiro atoms. The topological polar surface area (TPSA) is 71.9 Å². The number of benzene rings is 1. The summed E-state index contributed by atoms with van der Waals surface area (Å²) in [6.45, 7) is 0.685. The standard InChI is InChI=1S/C21H21ClFN3O3S/c22-15-2-3-18(24-12-15)14-1-4-19(17(23)11-14)29-13-21-7-5-16(6-8-21)26-9-10-30(27,28)25-20(21)26/h1-4,11-12,16H,5-10,13H2. The number of piperidine rings is 2. The van der Waals surface area contributed by atoms with Crippen LogP contribution in [0.5, 0.6) is 5.75 Å². The van der Waals surface area contributed by atoms with E-state index in [0.29, 0.717) is 34.7 Å². The van der Waals surface area contributed by atoms with Crippen LogP contribution in [0.2, 0.25) is 5.02 Å². The highest BCUT2D eigenvalue weighted by atomic mass is 35.5. The molecule has 1 saturated carbocycles. The Morgan fingerprint density at radius 2 is 2.03 bits per heavy atom. The summed E-state index contributed by atoms with van der Waals surface area (Å²) >= 11 is 5.86. The van der Waals surface area contributed by atoms with E-state index in [-0.39, 0.29) is 18.1 Å². The molecule has 30 heavy (non-hydrogen) atoms. The number of nitrogens with zero attached hydrogens (tertiary/aromatic N) is 3. The lowest BCUT2D eigenvalue weighted by atomic mass is 9.67. The molecule has 1 aromatic heterocycles. The Balaban J connectivity index is 1.39. The van der Waals surface area contributed by atoms with Gasteiger partial charge in [-0.05, 0) is 56.0 Å². The second kappa shape index (κ2) is 7.20. The van der Waals surface area contributed by atoms with Gasteiger partial charge in [0.25, 0.3) is 10.0 Å². The number of fused-ring (bicyclic) bond motifs is 2. The van der Waals surface area contributed by atoms with Gasteiger partial charge in [-0.3, -0.25) is 4.98 Å². The molecule has 2 saturated heterocycles. The number of ether oxygens (including phenoxy) is 1. The first-order valence-corrected chi connectivity index (χ1v) is 12.0. The van der Waals surface area contributed by atoms with Crippen LogP contribution in [0.1, 0.15) is 25.7 Å². The molecule has 9 heteroatoms. The fraction of sp³-hybridized carbons (Fsp3) is 0.429. The fourth-order valence-electron chi connectivity index (χ4n) is 4.75. The van der Waals surface area contributed by atoms with Crippen molar-refractivity contribution in [2.45, 2.75) is 31.7 Å². The van der Waals surface area contributed by atoms with Crippen LogP contribution in [0.15, 0.2) is 40.9 Å². The predicted molar refractivity (Wildman–Crippen MR) is 113 cm³/mol. The van der Waals surface area contributed by atoms with E-state index in [1.165, 1.54) is 12.3 Å². The van der Waals surface area contributed by atoms with Crippen LogP contribution in [0, 0.1) is 11.2 Å². The molecule has 6 nitrogen and oxygen atoms in total. The van der Waals surface area contributed by atoms with Crippen molar-refractivity contribution in [2.75, 3.05) is 18.9 Å². The zero-order chi connectivity index (χ0) is 20.9. The molecule has 0 unspecified atom stereocenters. The molecule has 0 N–H and O–H groups in total. The largest absolute Gasteiger partial charge is 0.489 e. The van der Waals surface area contributed by atoms with Crippen molar-refractivity contribution < 1.29 is 17.5 Å². The summed E-state index contributed by atoms with van der Waals surface area (Å²) in [5.74, 6) is 0.318. The Labute approximate surface area is 179 Å². The van der Waals surface area contributed by atoms with E-state index in [4.69, 9.17) is 16.3 Å². The molecule has 2 bridgehead atoms. The lowest BCUT2D eigenvalue weighted by Crippen LogP contribution is -2.62. The Hall–Kier alpha value is -2.19. The van der Waals surface area contributed by atoms with Gasteiger partial charge in [0.15, 0.2) is 11.6 Å². The third kappa shape index (κ3) is 3.46. The molecule has 3 aliphatic heterocycles. The SMILES string of the molecule is O=S1(=O)CCN2C(=N1)C1(COc3ccc(-c4ccc(Cl)cn4)cc3F)CCC2CC1. The van der Waals surface area contributed by atoms with Gasteiger partial charge in [0.2, 0.25) is 0 Å². The van der Waals surface area contributed by atoms with E-state index in [1.54, 1.807) is 24.3 Å². The van der Waals surface area contributed by atoms with Crippen molar-refractivity contribution in [2.24, 2.45) is 9.81 Å². The van der Waals surface area contributed by atoms with Crippen LogP contribution in [0.25, 0.3) is 11.3 Å². The highest BCUT2D eigenvalue weighted by Gasteiger charge is 2.52. The Morgan fingerprint density at radius 3 is 2.73 bits per heavy atom. The molecule has 4 heterocycles. The van der Waals surface area contributed by atoms with Crippen molar-refractivity contribution in [1.82, 2.24) is 9.88 Å². The van der Waals surface area contributed by atoms with Crippen LogP contribution in [-0.2, 0) is 10.0 Å². The van der Waals surface area contributed by atoms with E-state index in [0.717, 1.165) is 25.7 Å². The lowest BCUT2D eigenvalue weighted by Gasteiger charge is -2.54. The summed E-state index contributed by atoms with van der Waals surface area (Å²) in [6.07, 6.45) is 5.08. The number of amidine groups is 1. The minimum absolute atomic E-state index is 0.0543. The average molecular weight is 450 g/mol. The molecule has 1 aromatic carbocycles. The first-order valence-electron chi connectivity index (χ1n) is 9.99. The van der Waals surface area contributed by atoms with Gasteiger partial charge in [0, 0.05) is 24.3 Å². The molecule has 0 radical (unpaired) electrons. The summed E-state index contributed by atoms with van der Waals surface area (Å²) in [5, 5.41) is 0.516. The van der Waals surface area contributed by atoms with E-state index >= 15 is 0 Å². The molecule has 6 rings (SSSR count). The molecule has 4 aliphatic rings. The van der Waals surface area contributed by atoms with Crippen LogP contribution < -0.4 is 4.74 Å². The Kier molecular flexibility index (Phi) is 4.74. The van der Waals surface area contributed by atoms with Crippen LogP contribution in [0.3, 0.4) is 0 Å². The summed E-state index contributed by atoms with van der Waals surface area (Å²) in [5.41, 5.74) is 0.763. The Bertz CT molecular complexity index is 1110. The maximum absolute atomic E-state index is 14.7. The molecular weight excluding hydrogens is 429 g/mol. The van der Waals surface area contributed by atoms with E-state index < -0.39 is 21.3 Å². The number of pyridine rings is 1. The number of sulfonamides is 1. The van der Waals surface area contributed by atoms with Crippen LogP contribution in [-0.4, -0.2) is 49.1 Å². The van der Waals surface area contributed by atoms with Gasteiger partial charge in [-0.15, -0.1) is 4.40 Å².